The van der Waals surface area contributed by atoms with Crippen molar-refractivity contribution in [2.75, 3.05) is 98.9 Å². The standard InChI is InChI=1S/C57H100N7O28PS/c1-30(2)93(82,94)92-36-9-6-34(7-10-36)38(71)26-35(53(80)59-15-18-84-21-24-87-56-45(62-32(4)69)51(78)48(75)40(28-66)90-56)8-12-43(73)64-37(54(81)60-16-19-85-22-25-88-57-46(63-33(5)70)52(79)49(76)41(29-67)91-57)11-13-42(72)58-14-17-83-20-23-86-55-44(61-31(3)68)50(77)47(74)39(27-65)89-55/h30,34-37,39-41,44-52,55-57,65-67,74-79H,6-29H2,1-5H3,(H,58,72)(H,59,80)(H,60,81)(H,61,68)(H,62,69)(H,63,70)(H,64,73)(H,82,94)/p-1. The summed E-state index contributed by atoms with van der Waals surface area (Å²) in [4.78, 5) is 117. The Labute approximate surface area is 550 Å². The lowest BCUT2D eigenvalue weighted by molar-refractivity contribution is -0.272. The van der Waals surface area contributed by atoms with E-state index in [0.29, 0.717) is 25.7 Å². The first-order valence-corrected chi connectivity index (χ1v) is 34.2. The van der Waals surface area contributed by atoms with Crippen LogP contribution in [-0.4, -0.2) is 302 Å². The van der Waals surface area contributed by atoms with Gasteiger partial charge in [-0.1, -0.05) is 25.7 Å². The number of rotatable bonds is 42. The van der Waals surface area contributed by atoms with Gasteiger partial charge in [-0.15, -0.1) is 0 Å². The van der Waals surface area contributed by atoms with Crippen LogP contribution in [0.1, 0.15) is 92.4 Å². The highest BCUT2D eigenvalue weighted by atomic mass is 32.5. The van der Waals surface area contributed by atoms with Crippen LogP contribution in [0.5, 0.6) is 0 Å². The maximum atomic E-state index is 13.9. The summed E-state index contributed by atoms with van der Waals surface area (Å²) in [5.41, 5.74) is -0.382. The zero-order chi connectivity index (χ0) is 69.7. The van der Waals surface area contributed by atoms with Crippen molar-refractivity contribution in [3.8, 4) is 0 Å². The summed E-state index contributed by atoms with van der Waals surface area (Å²) < 4.78 is 56.1. The van der Waals surface area contributed by atoms with E-state index in [1.54, 1.807) is 13.8 Å². The van der Waals surface area contributed by atoms with E-state index in [0.717, 1.165) is 0 Å². The van der Waals surface area contributed by atoms with Crippen molar-refractivity contribution in [1.82, 2.24) is 37.2 Å². The molecule has 7 amide bonds. The Hall–Kier alpha value is -4.19. The number of hydrogen-bond donors (Lipinski definition) is 16. The highest BCUT2D eigenvalue weighted by Crippen LogP contribution is 2.47. The lowest BCUT2D eigenvalue weighted by Crippen LogP contribution is -2.64. The van der Waals surface area contributed by atoms with Crippen LogP contribution in [0.4, 0.5) is 0 Å². The van der Waals surface area contributed by atoms with Crippen LogP contribution in [0.15, 0.2) is 0 Å². The minimum Gasteiger partial charge on any atom is -0.800 e. The number of carbonyl (C=O) groups excluding carboxylic acids is 8. The summed E-state index contributed by atoms with van der Waals surface area (Å²) in [5.74, 6) is -6.02. The topological polar surface area (TPSA) is 518 Å². The number of carbonyl (C=O) groups is 8. The van der Waals surface area contributed by atoms with Gasteiger partial charge >= 0.3 is 0 Å². The molecule has 0 radical (unpaired) electrons. The van der Waals surface area contributed by atoms with Crippen molar-refractivity contribution in [1.29, 1.82) is 0 Å². The normalized spacial score (nSPS) is 30.0. The molecule has 4 fully saturated rings. The number of ketones is 1. The first kappa shape index (κ1) is 82.2. The third-order valence-electron chi connectivity index (χ3n) is 15.8. The van der Waals surface area contributed by atoms with Crippen molar-refractivity contribution in [3.63, 3.8) is 0 Å². The maximum Gasteiger partial charge on any atom is 0.242 e. The second kappa shape index (κ2) is 42.6. The van der Waals surface area contributed by atoms with Gasteiger partial charge in [-0.2, -0.15) is 0 Å². The molecule has 3 aliphatic heterocycles. The number of ether oxygens (including phenoxy) is 9. The van der Waals surface area contributed by atoms with Crippen molar-refractivity contribution in [2.45, 2.75) is 202 Å². The molecular formula is C57H99N7O28PS-. The molecule has 18 atom stereocenters. The second-order valence-electron chi connectivity index (χ2n) is 23.5. The summed E-state index contributed by atoms with van der Waals surface area (Å²) in [5, 5.41) is 109. The monoisotopic (exact) mass is 1390 g/mol. The predicted octanol–water partition coefficient (Wildman–Crippen LogP) is -7.46. The fourth-order valence-corrected chi connectivity index (χ4v) is 11.8. The van der Waals surface area contributed by atoms with Gasteiger partial charge in [-0.05, 0) is 50.7 Å². The molecule has 16 N–H and O–H groups in total. The van der Waals surface area contributed by atoms with Gasteiger partial charge in [-0.25, -0.2) is 0 Å². The summed E-state index contributed by atoms with van der Waals surface area (Å²) in [7, 11) is 0. The Morgan fingerprint density at radius 2 is 0.904 bits per heavy atom. The molecule has 4 rings (SSSR count). The molecule has 18 unspecified atom stereocenters. The SMILES string of the molecule is CC(=O)NC1C(OCCOCCNC(=O)CCC(NC(=O)CCC(CC(=O)C2CCC(OP([O-])(=S)C(C)C)CC2)C(=O)NCCOCCOC2OC(CO)C(O)C(O)C2NC(C)=O)C(=O)NCCOCCOC2OC(CO)C(O)C(O)C2NC(C)=O)OC(CO)C(O)C1O. The summed E-state index contributed by atoms with van der Waals surface area (Å²) in [6.45, 7) is 0.596. The summed E-state index contributed by atoms with van der Waals surface area (Å²) >= 11 is 5.22. The molecule has 0 bridgehead atoms. The minimum atomic E-state index is -3.32. The molecular weight excluding hydrogens is 1290 g/mol. The second-order valence-corrected chi connectivity index (χ2v) is 27.3. The third kappa shape index (κ3) is 27.6. The highest BCUT2D eigenvalue weighted by molar-refractivity contribution is 8.09. The van der Waals surface area contributed by atoms with Gasteiger partial charge < -0.3 is 135 Å². The van der Waals surface area contributed by atoms with Crippen LogP contribution in [0, 0.1) is 11.8 Å². The van der Waals surface area contributed by atoms with Crippen LogP contribution in [0.25, 0.3) is 0 Å². The van der Waals surface area contributed by atoms with E-state index in [4.69, 9.17) is 59.0 Å². The van der Waals surface area contributed by atoms with Gasteiger partial charge in [0.2, 0.25) is 41.4 Å². The first-order chi connectivity index (χ1) is 44.6. The zero-order valence-electron chi connectivity index (χ0n) is 53.7. The van der Waals surface area contributed by atoms with Crippen LogP contribution in [0.2, 0.25) is 0 Å². The lowest BCUT2D eigenvalue weighted by atomic mass is 9.81. The molecule has 0 aromatic carbocycles. The van der Waals surface area contributed by atoms with Crippen molar-refractivity contribution in [3.05, 3.63) is 0 Å². The number of amides is 7. The van der Waals surface area contributed by atoms with Crippen molar-refractivity contribution < 1.29 is 136 Å². The van der Waals surface area contributed by atoms with E-state index >= 15 is 0 Å². The quantitative estimate of drug-likeness (QED) is 0.0199. The minimum absolute atomic E-state index is 0.0188. The number of hydrogen-bond acceptors (Lipinski definition) is 29. The Kier molecular flexibility index (Phi) is 37.3. The molecule has 4 aliphatic rings. The Bertz CT molecular complexity index is 2410. The lowest BCUT2D eigenvalue weighted by Gasteiger charge is -2.42. The molecule has 37 heteroatoms. The molecule has 542 valence electrons. The van der Waals surface area contributed by atoms with Crippen LogP contribution < -0.4 is 42.1 Å². The van der Waals surface area contributed by atoms with Gasteiger partial charge in [0.05, 0.1) is 85.4 Å². The number of Topliss-reactive ketones (excluding diaryl/α,β-unsaturated/α-hetero) is 1. The smallest absolute Gasteiger partial charge is 0.242 e. The number of aliphatic hydroxyl groups is 9. The molecule has 0 aromatic heterocycles. The fraction of sp³-hybridized carbons (Fsp3) is 0.860. The Balaban J connectivity index is 1.37. The Morgan fingerprint density at radius 3 is 1.29 bits per heavy atom. The molecule has 3 heterocycles. The molecule has 1 saturated carbocycles. The first-order valence-electron chi connectivity index (χ1n) is 31.5. The molecule has 0 spiro atoms. The average Bonchev–Trinajstić information content (AvgIpc) is 0.828. The molecule has 0 aromatic rings. The number of nitrogens with one attached hydrogen (secondary N) is 7. The third-order valence-corrected chi connectivity index (χ3v) is 19.2. The van der Waals surface area contributed by atoms with Gasteiger partial charge in [0.1, 0.15) is 84.9 Å². The summed E-state index contributed by atoms with van der Waals surface area (Å²) in [6.07, 6.45) is -16.8. The predicted molar refractivity (Wildman–Crippen MR) is 325 cm³/mol. The van der Waals surface area contributed by atoms with Gasteiger partial charge in [0, 0.05) is 71.5 Å². The van der Waals surface area contributed by atoms with Gasteiger partial charge in [-0.3, -0.25) is 38.4 Å². The molecule has 1 aliphatic carbocycles. The van der Waals surface area contributed by atoms with Crippen molar-refractivity contribution >= 4 is 65.4 Å². The van der Waals surface area contributed by atoms with Gasteiger partial charge in [0.15, 0.2) is 18.9 Å². The van der Waals surface area contributed by atoms with E-state index in [9.17, 15) is 89.2 Å². The molecule has 94 heavy (non-hydrogen) atoms. The summed E-state index contributed by atoms with van der Waals surface area (Å²) in [6, 6.07) is -4.87. The zero-order valence-corrected chi connectivity index (χ0v) is 55.4. The van der Waals surface area contributed by atoms with E-state index in [1.165, 1.54) is 20.8 Å². The van der Waals surface area contributed by atoms with Crippen molar-refractivity contribution in [2.24, 2.45) is 11.8 Å². The van der Waals surface area contributed by atoms with Crippen LogP contribution in [-0.2, 0) is 97.3 Å². The average molecular weight is 1390 g/mol. The van der Waals surface area contributed by atoms with Crippen LogP contribution in [0.3, 0.4) is 0 Å². The van der Waals surface area contributed by atoms with E-state index < -0.39 is 184 Å². The fourth-order valence-electron chi connectivity index (χ4n) is 10.6. The van der Waals surface area contributed by atoms with Gasteiger partial charge in [0.25, 0.3) is 0 Å². The maximum absolute atomic E-state index is 13.9. The highest BCUT2D eigenvalue weighted by Gasteiger charge is 2.48. The molecule has 35 nitrogen and oxygen atoms in total. The molecule has 3 saturated heterocycles. The van der Waals surface area contributed by atoms with E-state index in [1.807, 2.05) is 0 Å². The largest absolute Gasteiger partial charge is 0.800 e. The van der Waals surface area contributed by atoms with E-state index in [2.05, 4.69) is 37.2 Å². The van der Waals surface area contributed by atoms with Crippen LogP contribution >= 0.6 is 6.49 Å². The Morgan fingerprint density at radius 1 is 0.521 bits per heavy atom. The number of aliphatic hydroxyl groups excluding tert-OH is 9. The van der Waals surface area contributed by atoms with E-state index in [-0.39, 0.29) is 123 Å².